The van der Waals surface area contributed by atoms with E-state index >= 15 is 0 Å². The molecule has 0 fully saturated rings. The Morgan fingerprint density at radius 2 is 0.712 bits per heavy atom. The van der Waals surface area contributed by atoms with E-state index in [1.165, 1.54) is 0 Å². The van der Waals surface area contributed by atoms with Gasteiger partial charge in [0.25, 0.3) is 0 Å². The SMILES string of the molecule is O=C(NCCOCCOCCOCCOCCOCCOCCOCCOCCOCCOCCOC(=O)c1ccccc1)OCc1ccccc1. The molecule has 0 saturated carbocycles. The van der Waals surface area contributed by atoms with Crippen molar-refractivity contribution in [2.75, 3.05) is 145 Å². The Labute approximate surface area is 307 Å². The molecule has 0 aromatic heterocycles. The minimum Gasteiger partial charge on any atom is -0.460 e. The fraction of sp³-hybridized carbons (Fsp3) is 0.622. The number of esters is 1. The molecule has 2 aromatic carbocycles. The van der Waals surface area contributed by atoms with Crippen molar-refractivity contribution in [1.29, 1.82) is 0 Å². The van der Waals surface area contributed by atoms with Gasteiger partial charge < -0.3 is 62.2 Å². The van der Waals surface area contributed by atoms with E-state index in [1.807, 2.05) is 36.4 Å². The molecule has 0 unspecified atom stereocenters. The summed E-state index contributed by atoms with van der Waals surface area (Å²) in [4.78, 5) is 23.4. The van der Waals surface area contributed by atoms with Crippen LogP contribution in [0.3, 0.4) is 0 Å². The second kappa shape index (κ2) is 34.8. The first-order valence-corrected chi connectivity index (χ1v) is 17.7. The van der Waals surface area contributed by atoms with E-state index in [2.05, 4.69) is 5.32 Å². The second-order valence-electron chi connectivity index (χ2n) is 10.6. The number of amides is 1. The van der Waals surface area contributed by atoms with E-state index < -0.39 is 6.09 Å². The van der Waals surface area contributed by atoms with Crippen LogP contribution in [0, 0.1) is 0 Å². The zero-order valence-corrected chi connectivity index (χ0v) is 30.3. The lowest BCUT2D eigenvalue weighted by atomic mass is 10.2. The van der Waals surface area contributed by atoms with Crippen LogP contribution in [-0.2, 0) is 63.4 Å². The molecule has 0 bridgehead atoms. The van der Waals surface area contributed by atoms with E-state index in [0.717, 1.165) is 5.56 Å². The molecule has 294 valence electrons. The Morgan fingerprint density at radius 3 is 1.10 bits per heavy atom. The first-order valence-electron chi connectivity index (χ1n) is 17.7. The summed E-state index contributed by atoms with van der Waals surface area (Å²) in [7, 11) is 0. The van der Waals surface area contributed by atoms with Crippen LogP contribution in [0.4, 0.5) is 4.79 Å². The first kappa shape index (κ1) is 44.9. The van der Waals surface area contributed by atoms with Crippen LogP contribution in [0.15, 0.2) is 60.7 Å². The van der Waals surface area contributed by atoms with Crippen molar-refractivity contribution in [3.05, 3.63) is 71.8 Å². The number of hydrogen-bond acceptors (Lipinski definition) is 14. The smallest absolute Gasteiger partial charge is 0.407 e. The van der Waals surface area contributed by atoms with E-state index in [1.54, 1.807) is 24.3 Å². The van der Waals surface area contributed by atoms with E-state index in [4.69, 9.17) is 56.8 Å². The number of nitrogens with one attached hydrogen (secondary N) is 1. The Morgan fingerprint density at radius 1 is 0.385 bits per heavy atom. The Hall–Kier alpha value is -3.22. The molecule has 0 radical (unpaired) electrons. The highest BCUT2D eigenvalue weighted by molar-refractivity contribution is 5.89. The molecule has 0 aliphatic rings. The minimum absolute atomic E-state index is 0.196. The summed E-state index contributed by atoms with van der Waals surface area (Å²) in [5.74, 6) is -0.361. The maximum absolute atomic E-state index is 11.8. The van der Waals surface area contributed by atoms with Gasteiger partial charge in [-0.3, -0.25) is 0 Å². The summed E-state index contributed by atoms with van der Waals surface area (Å²) in [6.45, 7) is 9.83. The van der Waals surface area contributed by atoms with Gasteiger partial charge in [0.15, 0.2) is 0 Å². The van der Waals surface area contributed by atoms with E-state index in [-0.39, 0.29) is 19.2 Å². The van der Waals surface area contributed by atoms with E-state index in [0.29, 0.717) is 144 Å². The number of hydrogen-bond donors (Lipinski definition) is 1. The number of rotatable bonds is 36. The van der Waals surface area contributed by atoms with Crippen molar-refractivity contribution in [2.45, 2.75) is 6.61 Å². The molecule has 0 atom stereocenters. The molecule has 0 saturated heterocycles. The highest BCUT2D eigenvalue weighted by Crippen LogP contribution is 2.01. The zero-order valence-electron chi connectivity index (χ0n) is 30.3. The highest BCUT2D eigenvalue weighted by Gasteiger charge is 2.05. The first-order chi connectivity index (χ1) is 25.8. The van der Waals surface area contributed by atoms with E-state index in [9.17, 15) is 9.59 Å². The van der Waals surface area contributed by atoms with Crippen LogP contribution in [0.25, 0.3) is 0 Å². The second-order valence-corrected chi connectivity index (χ2v) is 10.6. The molecular formula is C37H57NO14. The molecule has 0 aliphatic heterocycles. The maximum Gasteiger partial charge on any atom is 0.407 e. The predicted molar refractivity (Wildman–Crippen MR) is 190 cm³/mol. The molecule has 2 rings (SSSR count). The van der Waals surface area contributed by atoms with Gasteiger partial charge in [0.1, 0.15) is 13.2 Å². The summed E-state index contributed by atoms with van der Waals surface area (Å²) >= 11 is 0. The number of ether oxygens (including phenoxy) is 12. The summed E-state index contributed by atoms with van der Waals surface area (Å²) < 4.78 is 64.8. The fourth-order valence-corrected chi connectivity index (χ4v) is 3.93. The Bertz CT molecular complexity index is 1080. The van der Waals surface area contributed by atoms with Crippen LogP contribution in [-0.4, -0.2) is 157 Å². The van der Waals surface area contributed by atoms with Gasteiger partial charge in [-0.25, -0.2) is 9.59 Å². The van der Waals surface area contributed by atoms with Gasteiger partial charge >= 0.3 is 12.1 Å². The van der Waals surface area contributed by atoms with Crippen LogP contribution >= 0.6 is 0 Å². The molecule has 1 N–H and O–H groups in total. The average Bonchev–Trinajstić information content (AvgIpc) is 3.17. The Balaban J connectivity index is 1.15. The molecule has 15 nitrogen and oxygen atoms in total. The van der Waals surface area contributed by atoms with Gasteiger partial charge in [-0.05, 0) is 17.7 Å². The molecule has 15 heteroatoms. The molecule has 0 spiro atoms. The van der Waals surface area contributed by atoms with Gasteiger partial charge in [-0.15, -0.1) is 0 Å². The molecule has 0 aliphatic carbocycles. The topological polar surface area (TPSA) is 157 Å². The zero-order chi connectivity index (χ0) is 36.8. The highest BCUT2D eigenvalue weighted by atomic mass is 16.6. The fourth-order valence-electron chi connectivity index (χ4n) is 3.93. The molecule has 1 amide bonds. The van der Waals surface area contributed by atoms with Gasteiger partial charge in [-0.1, -0.05) is 48.5 Å². The summed E-state index contributed by atoms with van der Waals surface area (Å²) in [6, 6.07) is 18.3. The molecular weight excluding hydrogens is 682 g/mol. The van der Waals surface area contributed by atoms with Gasteiger partial charge in [0.2, 0.25) is 0 Å². The third-order valence-electron chi connectivity index (χ3n) is 6.55. The van der Waals surface area contributed by atoms with Crippen LogP contribution in [0.5, 0.6) is 0 Å². The minimum atomic E-state index is -0.473. The van der Waals surface area contributed by atoms with Crippen molar-refractivity contribution in [3.63, 3.8) is 0 Å². The normalized spacial score (nSPS) is 11.1. The number of carbonyl (C=O) groups is 2. The van der Waals surface area contributed by atoms with Crippen LogP contribution < -0.4 is 5.32 Å². The lowest BCUT2D eigenvalue weighted by Gasteiger charge is -2.09. The average molecular weight is 740 g/mol. The largest absolute Gasteiger partial charge is 0.460 e. The van der Waals surface area contributed by atoms with Crippen LogP contribution in [0.2, 0.25) is 0 Å². The van der Waals surface area contributed by atoms with Crippen molar-refractivity contribution in [2.24, 2.45) is 0 Å². The monoisotopic (exact) mass is 739 g/mol. The number of carbonyl (C=O) groups excluding carboxylic acids is 2. The van der Waals surface area contributed by atoms with Crippen molar-refractivity contribution < 1.29 is 66.4 Å². The predicted octanol–water partition coefficient (Wildman–Crippen LogP) is 2.94. The van der Waals surface area contributed by atoms with Crippen molar-refractivity contribution in [1.82, 2.24) is 5.32 Å². The van der Waals surface area contributed by atoms with Gasteiger partial charge in [-0.2, -0.15) is 0 Å². The quantitative estimate of drug-likeness (QED) is 0.0804. The van der Waals surface area contributed by atoms with Crippen molar-refractivity contribution >= 4 is 12.1 Å². The summed E-state index contributed by atoms with van der Waals surface area (Å²) in [5.41, 5.74) is 1.45. The third kappa shape index (κ3) is 28.4. The maximum atomic E-state index is 11.8. The lowest BCUT2D eigenvalue weighted by molar-refractivity contribution is -0.0270. The molecule has 2 aromatic rings. The third-order valence-corrected chi connectivity index (χ3v) is 6.55. The van der Waals surface area contributed by atoms with Gasteiger partial charge in [0, 0.05) is 6.54 Å². The summed E-state index contributed by atoms with van der Waals surface area (Å²) in [6.07, 6.45) is -0.473. The van der Waals surface area contributed by atoms with Crippen molar-refractivity contribution in [3.8, 4) is 0 Å². The number of benzene rings is 2. The molecule has 0 heterocycles. The van der Waals surface area contributed by atoms with Crippen LogP contribution in [0.1, 0.15) is 15.9 Å². The number of alkyl carbamates (subject to hydrolysis) is 1. The molecule has 52 heavy (non-hydrogen) atoms. The summed E-state index contributed by atoms with van der Waals surface area (Å²) in [5, 5.41) is 2.64. The van der Waals surface area contributed by atoms with Gasteiger partial charge in [0.05, 0.1) is 138 Å². The Kier molecular flexibility index (Phi) is 30.1. The lowest BCUT2D eigenvalue weighted by Crippen LogP contribution is -2.28. The standard InChI is InChI=1S/C37H57NO14/c39-36(35-9-5-2-6-10-35)51-32-31-50-30-29-49-28-27-48-26-25-47-24-23-46-22-21-45-20-19-44-18-17-43-16-15-42-14-13-41-12-11-38-37(40)52-33-34-7-3-1-4-8-34/h1-10H,11-33H2,(H,38,40).